The van der Waals surface area contributed by atoms with Crippen LogP contribution in [0.4, 0.5) is 0 Å². The topological polar surface area (TPSA) is 18.5 Å². The van der Waals surface area contributed by atoms with Crippen molar-refractivity contribution in [2.75, 3.05) is 0 Å². The van der Waals surface area contributed by atoms with Crippen LogP contribution in [0.2, 0.25) is 0 Å². The van der Waals surface area contributed by atoms with Gasteiger partial charge in [0.15, 0.2) is 0 Å². The molecule has 2 rings (SSSR count). The SMILES string of the molecule is CCCc1cccc(B2OC(C)(C)C(C)(C)O2)c1. The molecule has 0 amide bonds. The molecular formula is C15H23BO2. The number of hydrogen-bond acceptors (Lipinski definition) is 2. The fourth-order valence-corrected chi connectivity index (χ4v) is 2.16. The Morgan fingerprint density at radius 1 is 1.06 bits per heavy atom. The van der Waals surface area contributed by atoms with Gasteiger partial charge in [-0.3, -0.25) is 0 Å². The van der Waals surface area contributed by atoms with Crippen molar-refractivity contribution in [2.45, 2.75) is 58.7 Å². The van der Waals surface area contributed by atoms with E-state index in [0.717, 1.165) is 18.3 Å². The predicted octanol–water partition coefficient (Wildman–Crippen LogP) is 2.94. The molecule has 0 unspecified atom stereocenters. The highest BCUT2D eigenvalue weighted by Crippen LogP contribution is 2.36. The molecule has 3 heteroatoms. The lowest BCUT2D eigenvalue weighted by Crippen LogP contribution is -2.41. The monoisotopic (exact) mass is 246 g/mol. The van der Waals surface area contributed by atoms with E-state index in [0.29, 0.717) is 0 Å². The van der Waals surface area contributed by atoms with Crippen molar-refractivity contribution >= 4 is 12.6 Å². The Bertz CT molecular complexity index is 410. The first-order valence-electron chi connectivity index (χ1n) is 6.80. The first-order chi connectivity index (χ1) is 8.36. The summed E-state index contributed by atoms with van der Waals surface area (Å²) in [6.07, 6.45) is 2.26. The molecule has 0 aliphatic carbocycles. The number of rotatable bonds is 3. The average molecular weight is 246 g/mol. The molecule has 1 saturated heterocycles. The molecule has 1 aromatic rings. The molecule has 1 heterocycles. The molecule has 0 aromatic heterocycles. The van der Waals surface area contributed by atoms with Crippen LogP contribution in [0, 0.1) is 0 Å². The third-order valence-electron chi connectivity index (χ3n) is 4.02. The lowest BCUT2D eigenvalue weighted by atomic mass is 9.78. The minimum Gasteiger partial charge on any atom is -0.399 e. The third kappa shape index (κ3) is 2.48. The van der Waals surface area contributed by atoms with Crippen molar-refractivity contribution in [1.82, 2.24) is 0 Å². The Balaban J connectivity index is 2.21. The highest BCUT2D eigenvalue weighted by atomic mass is 16.7. The molecule has 0 atom stereocenters. The fraction of sp³-hybridized carbons (Fsp3) is 0.600. The van der Waals surface area contributed by atoms with Crippen molar-refractivity contribution < 1.29 is 9.31 Å². The van der Waals surface area contributed by atoms with Gasteiger partial charge in [-0.1, -0.05) is 37.6 Å². The lowest BCUT2D eigenvalue weighted by Gasteiger charge is -2.32. The summed E-state index contributed by atoms with van der Waals surface area (Å²) in [5.41, 5.74) is 1.95. The Morgan fingerprint density at radius 3 is 2.22 bits per heavy atom. The zero-order valence-corrected chi connectivity index (χ0v) is 12.1. The Labute approximate surface area is 111 Å². The molecule has 0 radical (unpaired) electrons. The van der Waals surface area contributed by atoms with Gasteiger partial charge in [-0.2, -0.15) is 0 Å². The molecule has 1 aliphatic rings. The summed E-state index contributed by atoms with van der Waals surface area (Å²) in [7, 11) is -0.244. The zero-order chi connectivity index (χ0) is 13.4. The van der Waals surface area contributed by atoms with Crippen molar-refractivity contribution in [3.63, 3.8) is 0 Å². The van der Waals surface area contributed by atoms with Crippen molar-refractivity contribution in [3.05, 3.63) is 29.8 Å². The van der Waals surface area contributed by atoms with Crippen LogP contribution >= 0.6 is 0 Å². The van der Waals surface area contributed by atoms with E-state index >= 15 is 0 Å². The second kappa shape index (κ2) is 4.71. The Kier molecular flexibility index (Phi) is 3.57. The fourth-order valence-electron chi connectivity index (χ4n) is 2.16. The maximum Gasteiger partial charge on any atom is 0.494 e. The summed E-state index contributed by atoms with van der Waals surface area (Å²) in [4.78, 5) is 0. The lowest BCUT2D eigenvalue weighted by molar-refractivity contribution is 0.00578. The second-order valence-corrected chi connectivity index (χ2v) is 6.08. The maximum atomic E-state index is 6.06. The highest BCUT2D eigenvalue weighted by molar-refractivity contribution is 6.62. The van der Waals surface area contributed by atoms with E-state index in [1.54, 1.807) is 0 Å². The van der Waals surface area contributed by atoms with Gasteiger partial charge < -0.3 is 9.31 Å². The van der Waals surface area contributed by atoms with Gasteiger partial charge in [-0.05, 0) is 45.1 Å². The third-order valence-corrected chi connectivity index (χ3v) is 4.02. The van der Waals surface area contributed by atoms with Gasteiger partial charge in [0.1, 0.15) is 0 Å². The molecule has 2 nitrogen and oxygen atoms in total. The van der Waals surface area contributed by atoms with Crippen molar-refractivity contribution in [2.24, 2.45) is 0 Å². The van der Waals surface area contributed by atoms with Gasteiger partial charge >= 0.3 is 7.12 Å². The normalized spacial score (nSPS) is 21.3. The van der Waals surface area contributed by atoms with E-state index in [-0.39, 0.29) is 18.3 Å². The molecule has 0 spiro atoms. The van der Waals surface area contributed by atoms with Gasteiger partial charge in [-0.25, -0.2) is 0 Å². The number of aryl methyl sites for hydroxylation is 1. The van der Waals surface area contributed by atoms with E-state index in [4.69, 9.17) is 9.31 Å². The summed E-state index contributed by atoms with van der Waals surface area (Å²) >= 11 is 0. The Morgan fingerprint density at radius 2 is 1.67 bits per heavy atom. The van der Waals surface area contributed by atoms with Gasteiger partial charge in [0.2, 0.25) is 0 Å². The summed E-state index contributed by atoms with van der Waals surface area (Å²) in [5.74, 6) is 0. The minimum atomic E-state index is -0.265. The summed E-state index contributed by atoms with van der Waals surface area (Å²) in [5, 5.41) is 0. The first-order valence-corrected chi connectivity index (χ1v) is 6.80. The zero-order valence-electron chi connectivity index (χ0n) is 12.1. The quantitative estimate of drug-likeness (QED) is 0.763. The van der Waals surface area contributed by atoms with E-state index < -0.39 is 0 Å². The molecule has 0 saturated carbocycles. The molecule has 1 aliphatic heterocycles. The Hall–Kier alpha value is -0.795. The van der Waals surface area contributed by atoms with E-state index in [2.05, 4.69) is 58.9 Å². The van der Waals surface area contributed by atoms with Crippen LogP contribution in [0.5, 0.6) is 0 Å². The van der Waals surface area contributed by atoms with Crippen molar-refractivity contribution in [1.29, 1.82) is 0 Å². The molecule has 1 aromatic carbocycles. The van der Waals surface area contributed by atoms with Gasteiger partial charge in [0.05, 0.1) is 11.2 Å². The van der Waals surface area contributed by atoms with Crippen LogP contribution in [0.15, 0.2) is 24.3 Å². The summed E-state index contributed by atoms with van der Waals surface area (Å²) in [6, 6.07) is 8.54. The number of benzene rings is 1. The van der Waals surface area contributed by atoms with Crippen LogP contribution in [-0.2, 0) is 15.7 Å². The van der Waals surface area contributed by atoms with Gasteiger partial charge in [0.25, 0.3) is 0 Å². The van der Waals surface area contributed by atoms with Gasteiger partial charge in [0, 0.05) is 0 Å². The molecule has 98 valence electrons. The molecule has 0 N–H and O–H groups in total. The molecular weight excluding hydrogens is 223 g/mol. The van der Waals surface area contributed by atoms with E-state index in [1.165, 1.54) is 5.56 Å². The first kappa shape index (κ1) is 13.6. The molecule has 0 bridgehead atoms. The molecule has 18 heavy (non-hydrogen) atoms. The highest BCUT2D eigenvalue weighted by Gasteiger charge is 2.51. The second-order valence-electron chi connectivity index (χ2n) is 6.08. The van der Waals surface area contributed by atoms with Crippen LogP contribution in [-0.4, -0.2) is 18.3 Å². The number of hydrogen-bond donors (Lipinski definition) is 0. The molecule has 1 fully saturated rings. The van der Waals surface area contributed by atoms with E-state index in [1.807, 2.05) is 0 Å². The maximum absolute atomic E-state index is 6.06. The van der Waals surface area contributed by atoms with E-state index in [9.17, 15) is 0 Å². The van der Waals surface area contributed by atoms with Crippen LogP contribution < -0.4 is 5.46 Å². The van der Waals surface area contributed by atoms with Gasteiger partial charge in [-0.15, -0.1) is 0 Å². The largest absolute Gasteiger partial charge is 0.494 e. The minimum absolute atomic E-state index is 0.244. The smallest absolute Gasteiger partial charge is 0.399 e. The predicted molar refractivity (Wildman–Crippen MR) is 76.2 cm³/mol. The van der Waals surface area contributed by atoms with Crippen LogP contribution in [0.3, 0.4) is 0 Å². The average Bonchev–Trinajstić information content (AvgIpc) is 2.49. The van der Waals surface area contributed by atoms with Crippen LogP contribution in [0.1, 0.15) is 46.6 Å². The standard InChI is InChI=1S/C15H23BO2/c1-6-8-12-9-7-10-13(11-12)16-17-14(2,3)15(4,5)18-16/h7,9-11H,6,8H2,1-5H3. The van der Waals surface area contributed by atoms with Crippen molar-refractivity contribution in [3.8, 4) is 0 Å². The summed E-state index contributed by atoms with van der Waals surface area (Å²) < 4.78 is 12.1. The summed E-state index contributed by atoms with van der Waals surface area (Å²) in [6.45, 7) is 10.5. The van der Waals surface area contributed by atoms with Crippen LogP contribution in [0.25, 0.3) is 0 Å².